The lowest BCUT2D eigenvalue weighted by Gasteiger charge is -1.86. The Bertz CT molecular complexity index is 550. The van der Waals surface area contributed by atoms with Crippen LogP contribution in [0.4, 0.5) is 0 Å². The zero-order chi connectivity index (χ0) is 10.2. The standard InChI is InChI=1S/C9H7NO3S/c1-2-14(11,12)9-10-7-5-3-4-6-8(7)13-9/h2-6H,1H2. The quantitative estimate of drug-likeness (QED) is 0.755. The first-order valence-corrected chi connectivity index (χ1v) is 5.41. The summed E-state index contributed by atoms with van der Waals surface area (Å²) in [6.45, 7) is 3.19. The average molecular weight is 209 g/mol. The van der Waals surface area contributed by atoms with E-state index in [0.717, 1.165) is 5.41 Å². The number of hydrogen-bond acceptors (Lipinski definition) is 4. The average Bonchev–Trinajstić information content (AvgIpc) is 2.61. The Labute approximate surface area is 80.8 Å². The maximum Gasteiger partial charge on any atom is 0.320 e. The summed E-state index contributed by atoms with van der Waals surface area (Å²) < 4.78 is 27.6. The van der Waals surface area contributed by atoms with Crippen LogP contribution >= 0.6 is 0 Å². The molecule has 0 amide bonds. The summed E-state index contributed by atoms with van der Waals surface area (Å²) in [6.07, 6.45) is 0. The van der Waals surface area contributed by atoms with Crippen molar-refractivity contribution in [1.82, 2.24) is 4.98 Å². The Morgan fingerprint density at radius 1 is 1.36 bits per heavy atom. The fourth-order valence-electron chi connectivity index (χ4n) is 1.04. The first-order chi connectivity index (χ1) is 6.63. The number of fused-ring (bicyclic) bond motifs is 1. The SMILES string of the molecule is C=CS(=O)(=O)c1nc2ccccc2o1. The van der Waals surface area contributed by atoms with Gasteiger partial charge in [-0.25, -0.2) is 8.42 Å². The van der Waals surface area contributed by atoms with Crippen molar-refractivity contribution >= 4 is 20.9 Å². The fourth-order valence-corrected chi connectivity index (χ4v) is 1.62. The van der Waals surface area contributed by atoms with E-state index in [0.29, 0.717) is 11.1 Å². The topological polar surface area (TPSA) is 60.2 Å². The minimum atomic E-state index is -3.57. The van der Waals surface area contributed by atoms with Gasteiger partial charge in [-0.05, 0) is 12.1 Å². The van der Waals surface area contributed by atoms with Crippen LogP contribution in [0, 0.1) is 0 Å². The van der Waals surface area contributed by atoms with E-state index in [2.05, 4.69) is 11.6 Å². The molecule has 0 fully saturated rings. The summed E-state index contributed by atoms with van der Waals surface area (Å²) in [4.78, 5) is 3.83. The van der Waals surface area contributed by atoms with Gasteiger partial charge in [0.25, 0.3) is 9.84 Å². The van der Waals surface area contributed by atoms with E-state index in [1.54, 1.807) is 24.3 Å². The number of para-hydroxylation sites is 2. The molecule has 14 heavy (non-hydrogen) atoms. The van der Waals surface area contributed by atoms with Crippen LogP contribution in [0.2, 0.25) is 0 Å². The van der Waals surface area contributed by atoms with Gasteiger partial charge in [-0.3, -0.25) is 0 Å². The normalized spacial score (nSPS) is 11.7. The second kappa shape index (κ2) is 2.95. The molecule has 0 N–H and O–H groups in total. The number of oxazole rings is 1. The number of sulfone groups is 1. The maximum absolute atomic E-state index is 11.3. The van der Waals surface area contributed by atoms with Crippen LogP contribution in [-0.4, -0.2) is 13.4 Å². The van der Waals surface area contributed by atoms with Crippen LogP contribution in [0.25, 0.3) is 11.1 Å². The van der Waals surface area contributed by atoms with Gasteiger partial charge in [-0.15, -0.1) is 0 Å². The molecule has 0 aliphatic carbocycles. The molecular formula is C9H7NO3S. The summed E-state index contributed by atoms with van der Waals surface area (Å²) in [6, 6.07) is 6.85. The van der Waals surface area contributed by atoms with Gasteiger partial charge in [0.1, 0.15) is 5.52 Å². The number of benzene rings is 1. The Balaban J connectivity index is 2.73. The summed E-state index contributed by atoms with van der Waals surface area (Å²) in [5.74, 6) is 0. The maximum atomic E-state index is 11.3. The Kier molecular flexibility index (Phi) is 1.89. The molecule has 2 aromatic rings. The van der Waals surface area contributed by atoms with Crippen molar-refractivity contribution in [2.45, 2.75) is 5.22 Å². The lowest BCUT2D eigenvalue weighted by atomic mass is 10.3. The number of rotatable bonds is 2. The Morgan fingerprint density at radius 3 is 2.71 bits per heavy atom. The smallest absolute Gasteiger partial charge is 0.320 e. The molecule has 1 aromatic carbocycles. The third-order valence-electron chi connectivity index (χ3n) is 1.74. The van der Waals surface area contributed by atoms with Gasteiger partial charge in [-0.1, -0.05) is 18.7 Å². The van der Waals surface area contributed by atoms with E-state index in [4.69, 9.17) is 4.42 Å². The van der Waals surface area contributed by atoms with E-state index in [1.807, 2.05) is 0 Å². The Morgan fingerprint density at radius 2 is 2.07 bits per heavy atom. The van der Waals surface area contributed by atoms with Gasteiger partial charge in [0.05, 0.1) is 0 Å². The second-order valence-electron chi connectivity index (χ2n) is 2.66. The molecular weight excluding hydrogens is 202 g/mol. The van der Waals surface area contributed by atoms with E-state index >= 15 is 0 Å². The van der Waals surface area contributed by atoms with Gasteiger partial charge in [-0.2, -0.15) is 4.98 Å². The molecule has 0 aliphatic heterocycles. The van der Waals surface area contributed by atoms with Crippen LogP contribution in [0.15, 0.2) is 45.9 Å². The highest BCUT2D eigenvalue weighted by Gasteiger charge is 2.17. The van der Waals surface area contributed by atoms with Gasteiger partial charge >= 0.3 is 5.22 Å². The highest BCUT2D eigenvalue weighted by atomic mass is 32.2. The molecule has 72 valence electrons. The van der Waals surface area contributed by atoms with E-state index in [1.165, 1.54) is 0 Å². The summed E-state index contributed by atoms with van der Waals surface area (Å²) in [5.41, 5.74) is 0.973. The molecule has 0 unspecified atom stereocenters. The summed E-state index contributed by atoms with van der Waals surface area (Å²) >= 11 is 0. The van der Waals surface area contributed by atoms with Crippen molar-refractivity contribution in [3.63, 3.8) is 0 Å². The number of hydrogen-bond donors (Lipinski definition) is 0. The molecule has 0 atom stereocenters. The molecule has 2 rings (SSSR count). The highest BCUT2D eigenvalue weighted by molar-refractivity contribution is 7.94. The monoisotopic (exact) mass is 209 g/mol. The predicted octanol–water partition coefficient (Wildman–Crippen LogP) is 1.74. The van der Waals surface area contributed by atoms with Crippen molar-refractivity contribution in [3.8, 4) is 0 Å². The second-order valence-corrected chi connectivity index (χ2v) is 4.43. The molecule has 1 aromatic heterocycles. The van der Waals surface area contributed by atoms with E-state index < -0.39 is 9.84 Å². The molecule has 5 heteroatoms. The molecule has 0 saturated carbocycles. The van der Waals surface area contributed by atoms with Gasteiger partial charge < -0.3 is 4.42 Å². The van der Waals surface area contributed by atoms with Crippen molar-refractivity contribution in [3.05, 3.63) is 36.3 Å². The highest BCUT2D eigenvalue weighted by Crippen LogP contribution is 2.19. The van der Waals surface area contributed by atoms with Gasteiger partial charge in [0.2, 0.25) is 0 Å². The summed E-state index contributed by atoms with van der Waals surface area (Å²) in [5, 5.41) is 0.506. The third-order valence-corrected chi connectivity index (χ3v) is 2.84. The fraction of sp³-hybridized carbons (Fsp3) is 0. The van der Waals surface area contributed by atoms with Crippen molar-refractivity contribution in [1.29, 1.82) is 0 Å². The first-order valence-electron chi connectivity index (χ1n) is 3.86. The van der Waals surface area contributed by atoms with Crippen LogP contribution < -0.4 is 0 Å². The summed E-state index contributed by atoms with van der Waals surface area (Å²) in [7, 11) is -3.57. The molecule has 0 aliphatic rings. The van der Waals surface area contributed by atoms with Crippen molar-refractivity contribution in [2.24, 2.45) is 0 Å². The molecule has 0 radical (unpaired) electrons. The first kappa shape index (κ1) is 8.96. The van der Waals surface area contributed by atoms with Crippen molar-refractivity contribution < 1.29 is 12.8 Å². The molecule has 1 heterocycles. The minimum Gasteiger partial charge on any atom is -0.428 e. The largest absolute Gasteiger partial charge is 0.428 e. The zero-order valence-corrected chi connectivity index (χ0v) is 7.99. The van der Waals surface area contributed by atoms with Crippen molar-refractivity contribution in [2.75, 3.05) is 0 Å². The number of aromatic nitrogens is 1. The Hall–Kier alpha value is -1.62. The van der Waals surface area contributed by atoms with Crippen LogP contribution in [-0.2, 0) is 9.84 Å². The number of nitrogens with zero attached hydrogens (tertiary/aromatic N) is 1. The van der Waals surface area contributed by atoms with Crippen LogP contribution in [0.1, 0.15) is 0 Å². The molecule has 0 bridgehead atoms. The molecule has 0 saturated heterocycles. The van der Waals surface area contributed by atoms with Crippen LogP contribution in [0.3, 0.4) is 0 Å². The lowest BCUT2D eigenvalue weighted by molar-refractivity contribution is 0.462. The molecule has 4 nitrogen and oxygen atoms in total. The third kappa shape index (κ3) is 1.31. The molecule has 0 spiro atoms. The zero-order valence-electron chi connectivity index (χ0n) is 7.17. The van der Waals surface area contributed by atoms with E-state index in [9.17, 15) is 8.42 Å². The van der Waals surface area contributed by atoms with E-state index in [-0.39, 0.29) is 5.22 Å². The lowest BCUT2D eigenvalue weighted by Crippen LogP contribution is -1.94. The van der Waals surface area contributed by atoms with Gasteiger partial charge in [0.15, 0.2) is 5.58 Å². The predicted molar refractivity (Wildman–Crippen MR) is 51.4 cm³/mol. The van der Waals surface area contributed by atoms with Gasteiger partial charge in [0, 0.05) is 5.41 Å². The van der Waals surface area contributed by atoms with Crippen LogP contribution in [0.5, 0.6) is 0 Å². The minimum absolute atomic E-state index is 0.311.